The van der Waals surface area contributed by atoms with E-state index in [9.17, 15) is 9.50 Å². The average Bonchev–Trinajstić information content (AvgIpc) is 2.55. The van der Waals surface area contributed by atoms with Crippen molar-refractivity contribution in [2.24, 2.45) is 4.99 Å². The number of hydrogen-bond acceptors (Lipinski definition) is 3. The van der Waals surface area contributed by atoms with Gasteiger partial charge in [-0.3, -0.25) is 4.99 Å². The Morgan fingerprint density at radius 3 is 2.61 bits per heavy atom. The maximum absolute atomic E-state index is 12.8. The van der Waals surface area contributed by atoms with E-state index >= 15 is 0 Å². The van der Waals surface area contributed by atoms with Crippen molar-refractivity contribution in [2.75, 3.05) is 18.8 Å². The van der Waals surface area contributed by atoms with E-state index in [0.29, 0.717) is 12.6 Å². The molecule has 0 amide bonds. The highest BCUT2D eigenvalue weighted by Gasteiger charge is 2.19. The number of benzene rings is 1. The fourth-order valence-corrected chi connectivity index (χ4v) is 3.33. The van der Waals surface area contributed by atoms with Crippen molar-refractivity contribution in [3.63, 3.8) is 0 Å². The van der Waals surface area contributed by atoms with Crippen molar-refractivity contribution in [1.82, 2.24) is 10.6 Å². The molecule has 4 nitrogen and oxygen atoms in total. The van der Waals surface area contributed by atoms with Crippen molar-refractivity contribution < 1.29 is 9.50 Å². The standard InChI is InChI=1S/C17H26FN3OS/c1-2-19-17(21-14-5-7-15(22)8-6-14)20-11-12-23-16-9-3-13(18)4-10-16/h3-4,9-10,14-15,22H,2,5-8,11-12H2,1H3,(H2,19,20,21). The van der Waals surface area contributed by atoms with Gasteiger partial charge < -0.3 is 15.7 Å². The summed E-state index contributed by atoms with van der Waals surface area (Å²) in [5, 5.41) is 16.3. The summed E-state index contributed by atoms with van der Waals surface area (Å²) < 4.78 is 12.8. The molecular weight excluding hydrogens is 313 g/mol. The van der Waals surface area contributed by atoms with Crippen molar-refractivity contribution >= 4 is 17.7 Å². The first-order valence-electron chi connectivity index (χ1n) is 8.28. The lowest BCUT2D eigenvalue weighted by atomic mass is 9.93. The molecule has 2 rings (SSSR count). The van der Waals surface area contributed by atoms with Crippen LogP contribution in [-0.2, 0) is 0 Å². The lowest BCUT2D eigenvalue weighted by Gasteiger charge is -2.27. The molecule has 0 aromatic heterocycles. The second kappa shape index (κ2) is 9.78. The molecule has 1 fully saturated rings. The molecule has 128 valence electrons. The Kier molecular flexibility index (Phi) is 7.68. The van der Waals surface area contributed by atoms with E-state index < -0.39 is 0 Å². The normalized spacial score (nSPS) is 22.0. The van der Waals surface area contributed by atoms with Gasteiger partial charge in [0.25, 0.3) is 0 Å². The molecular formula is C17H26FN3OS. The van der Waals surface area contributed by atoms with Crippen molar-refractivity contribution in [2.45, 2.75) is 49.6 Å². The molecule has 0 atom stereocenters. The molecule has 0 spiro atoms. The van der Waals surface area contributed by atoms with Crippen LogP contribution in [0.3, 0.4) is 0 Å². The molecule has 1 aromatic carbocycles. The van der Waals surface area contributed by atoms with Gasteiger partial charge in [-0.05, 0) is 56.9 Å². The fraction of sp³-hybridized carbons (Fsp3) is 0.588. The summed E-state index contributed by atoms with van der Waals surface area (Å²) in [7, 11) is 0. The smallest absolute Gasteiger partial charge is 0.191 e. The monoisotopic (exact) mass is 339 g/mol. The van der Waals surface area contributed by atoms with Gasteiger partial charge in [-0.1, -0.05) is 0 Å². The molecule has 0 radical (unpaired) electrons. The van der Waals surface area contributed by atoms with Crippen LogP contribution in [0.2, 0.25) is 0 Å². The lowest BCUT2D eigenvalue weighted by molar-refractivity contribution is 0.120. The van der Waals surface area contributed by atoms with Gasteiger partial charge >= 0.3 is 0 Å². The summed E-state index contributed by atoms with van der Waals surface area (Å²) in [4.78, 5) is 5.65. The Bertz CT molecular complexity index is 487. The van der Waals surface area contributed by atoms with Crippen molar-refractivity contribution in [3.8, 4) is 0 Å². The third kappa shape index (κ3) is 6.79. The SMILES string of the molecule is CCNC(=NCCSc1ccc(F)cc1)NC1CCC(O)CC1. The number of thioether (sulfide) groups is 1. The topological polar surface area (TPSA) is 56.7 Å². The second-order valence-electron chi connectivity index (χ2n) is 5.71. The number of aliphatic imine (C=N–C) groups is 1. The van der Waals surface area contributed by atoms with E-state index in [1.54, 1.807) is 23.9 Å². The Balaban J connectivity index is 1.75. The van der Waals surface area contributed by atoms with Crippen LogP contribution in [0.5, 0.6) is 0 Å². The van der Waals surface area contributed by atoms with Crippen molar-refractivity contribution in [1.29, 1.82) is 0 Å². The third-order valence-corrected chi connectivity index (χ3v) is 4.82. The van der Waals surface area contributed by atoms with E-state index in [-0.39, 0.29) is 11.9 Å². The first-order valence-corrected chi connectivity index (χ1v) is 9.27. The number of nitrogens with one attached hydrogen (secondary N) is 2. The molecule has 3 N–H and O–H groups in total. The summed E-state index contributed by atoms with van der Waals surface area (Å²) in [6.07, 6.45) is 3.54. The highest BCUT2D eigenvalue weighted by atomic mass is 32.2. The summed E-state index contributed by atoms with van der Waals surface area (Å²) in [5.41, 5.74) is 0. The second-order valence-corrected chi connectivity index (χ2v) is 6.88. The third-order valence-electron chi connectivity index (χ3n) is 3.83. The molecule has 0 aliphatic heterocycles. The van der Waals surface area contributed by atoms with Crippen molar-refractivity contribution in [3.05, 3.63) is 30.1 Å². The van der Waals surface area contributed by atoms with Gasteiger partial charge in [0.2, 0.25) is 0 Å². The number of halogens is 1. The van der Waals surface area contributed by atoms with Crippen LogP contribution in [0.1, 0.15) is 32.6 Å². The zero-order chi connectivity index (χ0) is 16.5. The van der Waals surface area contributed by atoms with Gasteiger partial charge in [0, 0.05) is 23.2 Å². The lowest BCUT2D eigenvalue weighted by Crippen LogP contribution is -2.45. The van der Waals surface area contributed by atoms with Crippen LogP contribution in [0.25, 0.3) is 0 Å². The predicted octanol–water partition coefficient (Wildman–Crippen LogP) is 2.78. The molecule has 0 bridgehead atoms. The summed E-state index contributed by atoms with van der Waals surface area (Å²) in [6, 6.07) is 6.94. The zero-order valence-corrected chi connectivity index (χ0v) is 14.4. The number of aliphatic hydroxyl groups is 1. The Labute approximate surface area is 142 Å². The van der Waals surface area contributed by atoms with Crippen LogP contribution in [0.4, 0.5) is 4.39 Å². The Morgan fingerprint density at radius 1 is 1.26 bits per heavy atom. The molecule has 6 heteroatoms. The molecule has 23 heavy (non-hydrogen) atoms. The predicted molar refractivity (Wildman–Crippen MR) is 94.5 cm³/mol. The van der Waals surface area contributed by atoms with Gasteiger partial charge in [-0.25, -0.2) is 4.39 Å². The zero-order valence-electron chi connectivity index (χ0n) is 13.6. The van der Waals surface area contributed by atoms with Crippen LogP contribution in [0, 0.1) is 5.82 Å². The average molecular weight is 339 g/mol. The van der Waals surface area contributed by atoms with Gasteiger partial charge in [-0.15, -0.1) is 11.8 Å². The minimum absolute atomic E-state index is 0.139. The summed E-state index contributed by atoms with van der Waals surface area (Å²) in [5.74, 6) is 1.49. The maximum Gasteiger partial charge on any atom is 0.191 e. The number of rotatable bonds is 6. The Hall–Kier alpha value is -1.27. The minimum Gasteiger partial charge on any atom is -0.393 e. The van der Waals surface area contributed by atoms with Crippen LogP contribution < -0.4 is 10.6 Å². The number of nitrogens with zero attached hydrogens (tertiary/aromatic N) is 1. The minimum atomic E-state index is -0.205. The first-order chi connectivity index (χ1) is 11.2. The molecule has 1 aliphatic carbocycles. The summed E-state index contributed by atoms with van der Waals surface area (Å²) >= 11 is 1.67. The van der Waals surface area contributed by atoms with E-state index in [2.05, 4.69) is 22.5 Å². The van der Waals surface area contributed by atoms with Gasteiger partial charge in [0.05, 0.1) is 12.6 Å². The Morgan fingerprint density at radius 2 is 1.96 bits per heavy atom. The molecule has 0 saturated heterocycles. The first kappa shape index (κ1) is 18.1. The molecule has 1 aliphatic rings. The highest BCUT2D eigenvalue weighted by Crippen LogP contribution is 2.19. The number of hydrogen-bond donors (Lipinski definition) is 3. The fourth-order valence-electron chi connectivity index (χ4n) is 2.59. The van der Waals surface area contributed by atoms with Crippen LogP contribution in [-0.4, -0.2) is 42.1 Å². The van der Waals surface area contributed by atoms with E-state index in [4.69, 9.17) is 0 Å². The van der Waals surface area contributed by atoms with Gasteiger partial charge in [0.1, 0.15) is 5.82 Å². The van der Waals surface area contributed by atoms with E-state index in [1.165, 1.54) is 12.1 Å². The van der Waals surface area contributed by atoms with Crippen LogP contribution >= 0.6 is 11.8 Å². The molecule has 0 unspecified atom stereocenters. The largest absolute Gasteiger partial charge is 0.393 e. The molecule has 1 aromatic rings. The highest BCUT2D eigenvalue weighted by molar-refractivity contribution is 7.99. The quantitative estimate of drug-likeness (QED) is 0.323. The maximum atomic E-state index is 12.8. The summed E-state index contributed by atoms with van der Waals surface area (Å²) in [6.45, 7) is 3.58. The van der Waals surface area contributed by atoms with Gasteiger partial charge in [0.15, 0.2) is 5.96 Å². The van der Waals surface area contributed by atoms with Crippen LogP contribution in [0.15, 0.2) is 34.2 Å². The number of aliphatic hydroxyl groups excluding tert-OH is 1. The molecule has 0 heterocycles. The van der Waals surface area contributed by atoms with E-state index in [1.807, 2.05) is 0 Å². The molecule has 1 saturated carbocycles. The van der Waals surface area contributed by atoms with E-state index in [0.717, 1.165) is 48.8 Å². The van der Waals surface area contributed by atoms with Gasteiger partial charge in [-0.2, -0.15) is 0 Å². The number of guanidine groups is 1.